The van der Waals surface area contributed by atoms with E-state index in [4.69, 9.17) is 5.11 Å². The zero-order valence-electron chi connectivity index (χ0n) is 14.6. The number of carboxylic acid groups (broad SMARTS) is 1. The predicted octanol–water partition coefficient (Wildman–Crippen LogP) is 5.67. The van der Waals surface area contributed by atoms with Crippen molar-refractivity contribution in [1.29, 1.82) is 0 Å². The largest absolute Gasteiger partial charge is 0.481 e. The van der Waals surface area contributed by atoms with E-state index in [1.807, 2.05) is 0 Å². The lowest BCUT2D eigenvalue weighted by Crippen LogP contribution is -2.70. The Kier molecular flexibility index (Phi) is 9.79. The fourth-order valence-corrected chi connectivity index (χ4v) is 2.80. The molecule has 0 fully saturated rings. The van der Waals surface area contributed by atoms with Gasteiger partial charge in [0.25, 0.3) is 0 Å². The highest BCUT2D eigenvalue weighted by Gasteiger charge is 2.90. The van der Waals surface area contributed by atoms with E-state index in [9.17, 15) is 61.9 Å². The Labute approximate surface area is 174 Å². The number of aliphatic carboxylic acids is 1. The molecule has 0 saturated carbocycles. The number of rotatable bonds is 11. The van der Waals surface area contributed by atoms with Crippen molar-refractivity contribution in [1.82, 2.24) is 0 Å². The molecule has 0 saturated heterocycles. The maximum atomic E-state index is 13.5. The molecule has 0 radical (unpaired) electrons. The van der Waals surface area contributed by atoms with Crippen LogP contribution in [-0.2, 0) is 4.79 Å². The summed E-state index contributed by atoms with van der Waals surface area (Å²) in [5.74, 6) is -35.1. The zero-order valence-corrected chi connectivity index (χ0v) is 16.3. The van der Waals surface area contributed by atoms with Crippen LogP contribution in [0.1, 0.15) is 6.42 Å². The molecule has 0 heterocycles. The topological polar surface area (TPSA) is 37.3 Å². The van der Waals surface area contributed by atoms with Crippen LogP contribution in [0.15, 0.2) is 0 Å². The van der Waals surface area contributed by atoms with E-state index < -0.39 is 53.9 Å². The Hall–Kier alpha value is -1.18. The number of carbonyl (C=O) groups is 1. The molecule has 0 unspecified atom stereocenters. The van der Waals surface area contributed by atoms with Crippen LogP contribution < -0.4 is 0 Å². The van der Waals surface area contributed by atoms with Gasteiger partial charge in [-0.05, 0) is 0 Å². The first-order chi connectivity index (χ1) is 13.7. The summed E-state index contributed by atoms with van der Waals surface area (Å²) in [6.45, 7) is 0. The van der Waals surface area contributed by atoms with Crippen LogP contribution in [0, 0.1) is 11.8 Å². The fourth-order valence-electron chi connectivity index (χ4n) is 1.57. The van der Waals surface area contributed by atoms with E-state index in [1.54, 1.807) is 0 Å². The fraction of sp³-hybridized carbons (Fsp3) is 0.786. The van der Waals surface area contributed by atoms with Gasteiger partial charge in [0.05, 0.1) is 17.3 Å². The quantitative estimate of drug-likeness (QED) is 0.216. The zero-order chi connectivity index (χ0) is 24.9. The molecule has 0 atom stereocenters. The molecule has 0 amide bonds. The van der Waals surface area contributed by atoms with E-state index in [0.29, 0.717) is 11.8 Å². The first-order valence-corrected chi connectivity index (χ1v) is 9.76. The van der Waals surface area contributed by atoms with Gasteiger partial charge in [-0.3, -0.25) is 4.79 Å². The lowest BCUT2D eigenvalue weighted by molar-refractivity contribution is -0.439. The number of hydrogen-bond acceptors (Lipinski definition) is 3. The maximum Gasteiger partial charge on any atom is 0.460 e. The molecule has 0 aromatic rings. The van der Waals surface area contributed by atoms with E-state index in [-0.39, 0.29) is 17.3 Å². The van der Waals surface area contributed by atoms with E-state index >= 15 is 0 Å². The van der Waals surface area contributed by atoms with Gasteiger partial charge in [0.1, 0.15) is 0 Å². The van der Waals surface area contributed by atoms with Crippen molar-refractivity contribution >= 4 is 29.5 Å². The molecule has 182 valence electrons. The lowest BCUT2D eigenvalue weighted by Gasteiger charge is -2.39. The molecule has 0 spiro atoms. The van der Waals surface area contributed by atoms with E-state index in [0.717, 1.165) is 11.8 Å². The van der Waals surface area contributed by atoms with Gasteiger partial charge in [-0.25, -0.2) is 0 Å². The minimum atomic E-state index is -7.89. The molecule has 0 bridgehead atoms. The molecule has 0 aliphatic carbocycles. The summed E-state index contributed by atoms with van der Waals surface area (Å²) >= 11 is 1.16. The normalized spacial score (nSPS) is 14.2. The highest BCUT2D eigenvalue weighted by atomic mass is 32.2. The number of hydrogen-bond donors (Lipinski definition) is 1. The van der Waals surface area contributed by atoms with Crippen LogP contribution in [0.4, 0.5) is 57.1 Å². The van der Waals surface area contributed by atoms with Crippen molar-refractivity contribution in [3.8, 4) is 11.8 Å². The second kappa shape index (κ2) is 10.2. The average Bonchev–Trinajstić information content (AvgIpc) is 2.58. The molecule has 0 aliphatic rings. The lowest BCUT2D eigenvalue weighted by atomic mass is 9.93. The Morgan fingerprint density at radius 2 is 1.10 bits per heavy atom. The van der Waals surface area contributed by atoms with Gasteiger partial charge in [-0.15, -0.1) is 23.5 Å². The molecular formula is C14H11F13O2S2. The van der Waals surface area contributed by atoms with Gasteiger partial charge in [0.2, 0.25) is 0 Å². The smallest absolute Gasteiger partial charge is 0.460 e. The minimum absolute atomic E-state index is 0.0180. The number of alkyl halides is 13. The van der Waals surface area contributed by atoms with Crippen LogP contribution in [0.5, 0.6) is 0 Å². The summed E-state index contributed by atoms with van der Waals surface area (Å²) in [6.07, 6.45) is -9.70. The van der Waals surface area contributed by atoms with Crippen LogP contribution >= 0.6 is 23.5 Å². The summed E-state index contributed by atoms with van der Waals surface area (Å²) < 4.78 is 168. The van der Waals surface area contributed by atoms with Crippen LogP contribution in [-0.4, -0.2) is 69.9 Å². The van der Waals surface area contributed by atoms with Crippen LogP contribution in [0.25, 0.3) is 0 Å². The first kappa shape index (κ1) is 29.8. The molecule has 0 rings (SSSR count). The van der Waals surface area contributed by atoms with Crippen molar-refractivity contribution in [2.75, 3.05) is 23.0 Å². The predicted molar refractivity (Wildman–Crippen MR) is 85.5 cm³/mol. The monoisotopic (exact) mass is 522 g/mol. The molecule has 17 heteroatoms. The van der Waals surface area contributed by atoms with Crippen molar-refractivity contribution in [3.63, 3.8) is 0 Å². The van der Waals surface area contributed by atoms with Crippen molar-refractivity contribution in [3.05, 3.63) is 0 Å². The maximum absolute atomic E-state index is 13.5. The van der Waals surface area contributed by atoms with Crippen LogP contribution in [0.3, 0.4) is 0 Å². The molecule has 1 N–H and O–H groups in total. The third kappa shape index (κ3) is 6.42. The molecule has 2 nitrogen and oxygen atoms in total. The standard InChI is InChI=1S/C14H11F13O2S2/c15-9(16,3-6-30-4-1-2-5-31-7-8(28)29)10(17,18)11(19,20)12(21,22)13(23,24)14(25,26)27/h3-7H2,(H,28,29). The molecule has 0 aromatic carbocycles. The highest BCUT2D eigenvalue weighted by molar-refractivity contribution is 8.00. The average molecular weight is 522 g/mol. The van der Waals surface area contributed by atoms with E-state index in [1.165, 1.54) is 0 Å². The SMILES string of the molecule is O=C(O)CSCC#CCSCCC(F)(F)C(F)(F)C(F)(F)C(F)(F)C(F)(F)C(F)(F)F. The summed E-state index contributed by atoms with van der Waals surface area (Å²) in [7, 11) is 0. The number of halogens is 13. The number of thioether (sulfide) groups is 2. The first-order valence-electron chi connectivity index (χ1n) is 7.45. The van der Waals surface area contributed by atoms with Crippen molar-refractivity contribution < 1.29 is 67.0 Å². The van der Waals surface area contributed by atoms with Crippen LogP contribution in [0.2, 0.25) is 0 Å². The Bertz CT molecular complexity index is 680. The molecule has 0 aliphatic heterocycles. The molecular weight excluding hydrogens is 511 g/mol. The van der Waals surface area contributed by atoms with Gasteiger partial charge in [-0.1, -0.05) is 11.8 Å². The van der Waals surface area contributed by atoms with Gasteiger partial charge in [0, 0.05) is 12.2 Å². The third-order valence-electron chi connectivity index (χ3n) is 3.26. The minimum Gasteiger partial charge on any atom is -0.481 e. The summed E-state index contributed by atoms with van der Waals surface area (Å²) in [5.41, 5.74) is 0. The van der Waals surface area contributed by atoms with Gasteiger partial charge in [-0.2, -0.15) is 57.1 Å². The van der Waals surface area contributed by atoms with E-state index in [2.05, 4.69) is 11.8 Å². The van der Waals surface area contributed by atoms with Gasteiger partial charge < -0.3 is 5.11 Å². The molecule has 0 aromatic heterocycles. The number of carboxylic acids is 1. The second-order valence-electron chi connectivity index (χ2n) is 5.54. The van der Waals surface area contributed by atoms with Crippen molar-refractivity contribution in [2.45, 2.75) is 42.2 Å². The van der Waals surface area contributed by atoms with Gasteiger partial charge in [0.15, 0.2) is 0 Å². The third-order valence-corrected chi connectivity index (χ3v) is 4.90. The highest BCUT2D eigenvalue weighted by Crippen LogP contribution is 2.60. The summed E-state index contributed by atoms with van der Waals surface area (Å²) in [4.78, 5) is 10.2. The van der Waals surface area contributed by atoms with Gasteiger partial charge >= 0.3 is 41.8 Å². The second-order valence-corrected chi connectivity index (χ2v) is 7.63. The Morgan fingerprint density at radius 3 is 1.52 bits per heavy atom. The Morgan fingerprint density at radius 1 is 0.677 bits per heavy atom. The van der Waals surface area contributed by atoms with Crippen molar-refractivity contribution in [2.24, 2.45) is 0 Å². The molecule has 31 heavy (non-hydrogen) atoms. The Balaban J connectivity index is 5.18. The summed E-state index contributed by atoms with van der Waals surface area (Å²) in [6, 6.07) is 0. The summed E-state index contributed by atoms with van der Waals surface area (Å²) in [5, 5.41) is 8.32.